The van der Waals surface area contributed by atoms with Crippen molar-refractivity contribution in [2.45, 2.75) is 11.4 Å². The Labute approximate surface area is 105 Å². The fourth-order valence-corrected chi connectivity index (χ4v) is 2.77. The van der Waals surface area contributed by atoms with Crippen molar-refractivity contribution < 1.29 is 8.42 Å². The molecule has 0 aliphatic heterocycles. The van der Waals surface area contributed by atoms with Crippen LogP contribution in [0.4, 0.5) is 5.69 Å². The van der Waals surface area contributed by atoms with Crippen LogP contribution in [0.3, 0.4) is 0 Å². The molecule has 2 rings (SSSR count). The number of para-hydroxylation sites is 1. The number of hydrogen-bond donors (Lipinski definition) is 3. The Hall–Kier alpha value is -1.86. The van der Waals surface area contributed by atoms with Crippen LogP contribution >= 0.6 is 0 Å². The van der Waals surface area contributed by atoms with Gasteiger partial charge in [0.25, 0.3) is 0 Å². The normalized spacial score (nSPS) is 11.4. The van der Waals surface area contributed by atoms with Gasteiger partial charge in [0, 0.05) is 25.4 Å². The third-order valence-electron chi connectivity index (χ3n) is 2.47. The predicted molar refractivity (Wildman–Crippen MR) is 68.6 cm³/mol. The number of benzene rings is 1. The Morgan fingerprint density at radius 3 is 2.78 bits per heavy atom. The highest BCUT2D eigenvalue weighted by Crippen LogP contribution is 2.19. The number of aromatic nitrogens is 2. The molecule has 7 heteroatoms. The van der Waals surface area contributed by atoms with Crippen LogP contribution < -0.4 is 10.0 Å². The van der Waals surface area contributed by atoms with E-state index >= 15 is 0 Å². The fraction of sp³-hybridized carbons (Fsp3) is 0.182. The number of aromatic amines is 1. The van der Waals surface area contributed by atoms with E-state index in [-0.39, 0.29) is 11.4 Å². The summed E-state index contributed by atoms with van der Waals surface area (Å²) >= 11 is 0. The first-order chi connectivity index (χ1) is 8.63. The Bertz CT molecular complexity index is 608. The second kappa shape index (κ2) is 5.19. The minimum atomic E-state index is -3.53. The first kappa shape index (κ1) is 12.6. The molecule has 18 heavy (non-hydrogen) atoms. The molecule has 0 bridgehead atoms. The van der Waals surface area contributed by atoms with Gasteiger partial charge in [-0.3, -0.25) is 5.10 Å². The Balaban J connectivity index is 2.20. The minimum absolute atomic E-state index is 0.205. The van der Waals surface area contributed by atoms with Crippen molar-refractivity contribution in [2.24, 2.45) is 0 Å². The van der Waals surface area contributed by atoms with Crippen LogP contribution in [0, 0.1) is 0 Å². The zero-order valence-electron chi connectivity index (χ0n) is 9.84. The van der Waals surface area contributed by atoms with Crippen LogP contribution in [0.2, 0.25) is 0 Å². The van der Waals surface area contributed by atoms with E-state index in [0.717, 1.165) is 5.56 Å². The average molecular weight is 266 g/mol. The molecule has 1 aromatic heterocycles. The van der Waals surface area contributed by atoms with E-state index in [4.69, 9.17) is 0 Å². The van der Waals surface area contributed by atoms with Crippen molar-refractivity contribution in [3.63, 3.8) is 0 Å². The summed E-state index contributed by atoms with van der Waals surface area (Å²) in [4.78, 5) is 0.232. The lowest BCUT2D eigenvalue weighted by Gasteiger charge is -2.10. The van der Waals surface area contributed by atoms with E-state index in [1.807, 2.05) is 0 Å². The quantitative estimate of drug-likeness (QED) is 0.751. The summed E-state index contributed by atoms with van der Waals surface area (Å²) in [6.45, 7) is 0.205. The van der Waals surface area contributed by atoms with E-state index in [9.17, 15) is 8.42 Å². The highest BCUT2D eigenvalue weighted by atomic mass is 32.2. The van der Waals surface area contributed by atoms with Crippen LogP contribution in [-0.4, -0.2) is 25.7 Å². The van der Waals surface area contributed by atoms with Gasteiger partial charge >= 0.3 is 0 Å². The molecule has 1 aromatic carbocycles. The van der Waals surface area contributed by atoms with Gasteiger partial charge in [-0.2, -0.15) is 5.10 Å². The maximum atomic E-state index is 12.1. The van der Waals surface area contributed by atoms with Crippen LogP contribution in [0.1, 0.15) is 5.56 Å². The van der Waals surface area contributed by atoms with Gasteiger partial charge in [-0.25, -0.2) is 13.1 Å². The molecule has 2 aromatic rings. The Kier molecular flexibility index (Phi) is 3.63. The van der Waals surface area contributed by atoms with Crippen LogP contribution in [-0.2, 0) is 16.6 Å². The molecular weight excluding hydrogens is 252 g/mol. The van der Waals surface area contributed by atoms with Crippen molar-refractivity contribution >= 4 is 15.7 Å². The van der Waals surface area contributed by atoms with E-state index in [1.54, 1.807) is 43.7 Å². The first-order valence-electron chi connectivity index (χ1n) is 5.37. The number of anilines is 1. The highest BCUT2D eigenvalue weighted by Gasteiger charge is 2.17. The van der Waals surface area contributed by atoms with Gasteiger partial charge in [0.05, 0.1) is 11.9 Å². The van der Waals surface area contributed by atoms with E-state index < -0.39 is 10.0 Å². The summed E-state index contributed by atoms with van der Waals surface area (Å²) in [7, 11) is -1.85. The zero-order chi connectivity index (χ0) is 13.0. The first-order valence-corrected chi connectivity index (χ1v) is 6.86. The summed E-state index contributed by atoms with van der Waals surface area (Å²) < 4.78 is 26.8. The number of nitrogens with one attached hydrogen (secondary N) is 3. The average Bonchev–Trinajstić information content (AvgIpc) is 2.89. The number of H-pyrrole nitrogens is 1. The lowest BCUT2D eigenvalue weighted by atomic mass is 10.3. The summed E-state index contributed by atoms with van der Waals surface area (Å²) in [6, 6.07) is 6.74. The third kappa shape index (κ3) is 2.69. The van der Waals surface area contributed by atoms with Gasteiger partial charge in [-0.05, 0) is 12.1 Å². The number of hydrogen-bond acceptors (Lipinski definition) is 4. The van der Waals surface area contributed by atoms with E-state index in [0.29, 0.717) is 5.69 Å². The highest BCUT2D eigenvalue weighted by molar-refractivity contribution is 7.89. The maximum Gasteiger partial charge on any atom is 0.242 e. The lowest BCUT2D eigenvalue weighted by Crippen LogP contribution is -2.23. The van der Waals surface area contributed by atoms with Crippen molar-refractivity contribution in [3.8, 4) is 0 Å². The van der Waals surface area contributed by atoms with Gasteiger partial charge in [-0.1, -0.05) is 12.1 Å². The second-order valence-corrected chi connectivity index (χ2v) is 5.41. The van der Waals surface area contributed by atoms with Gasteiger partial charge in [0.15, 0.2) is 0 Å². The van der Waals surface area contributed by atoms with Gasteiger partial charge in [0.1, 0.15) is 4.90 Å². The molecule has 0 saturated carbocycles. The minimum Gasteiger partial charge on any atom is -0.387 e. The standard InChI is InChI=1S/C11H14N4O2S/c1-12-10-4-2-3-5-11(10)18(16,17)15-8-9-6-13-14-7-9/h2-7,12,15H,8H2,1H3,(H,13,14). The molecule has 0 amide bonds. The molecule has 0 radical (unpaired) electrons. The van der Waals surface area contributed by atoms with E-state index in [1.165, 1.54) is 0 Å². The largest absolute Gasteiger partial charge is 0.387 e. The fourth-order valence-electron chi connectivity index (χ4n) is 1.54. The summed E-state index contributed by atoms with van der Waals surface area (Å²) in [5.74, 6) is 0. The van der Waals surface area contributed by atoms with Gasteiger partial charge in [-0.15, -0.1) is 0 Å². The topological polar surface area (TPSA) is 86.9 Å². The molecule has 3 N–H and O–H groups in total. The molecule has 0 atom stereocenters. The molecule has 0 unspecified atom stereocenters. The predicted octanol–water partition coefficient (Wildman–Crippen LogP) is 0.930. The molecule has 6 nitrogen and oxygen atoms in total. The molecule has 0 spiro atoms. The molecule has 96 valence electrons. The van der Waals surface area contributed by atoms with E-state index in [2.05, 4.69) is 20.2 Å². The molecular formula is C11H14N4O2S. The van der Waals surface area contributed by atoms with Gasteiger partial charge < -0.3 is 5.32 Å². The van der Waals surface area contributed by atoms with Crippen LogP contribution in [0.5, 0.6) is 0 Å². The van der Waals surface area contributed by atoms with Crippen molar-refractivity contribution in [1.82, 2.24) is 14.9 Å². The number of nitrogens with zero attached hydrogens (tertiary/aromatic N) is 1. The molecule has 1 heterocycles. The smallest absolute Gasteiger partial charge is 0.242 e. The summed E-state index contributed by atoms with van der Waals surface area (Å²) in [5, 5.41) is 9.25. The van der Waals surface area contributed by atoms with Crippen molar-refractivity contribution in [1.29, 1.82) is 0 Å². The van der Waals surface area contributed by atoms with Gasteiger partial charge in [0.2, 0.25) is 10.0 Å². The SMILES string of the molecule is CNc1ccccc1S(=O)(=O)NCc1cn[nH]c1. The lowest BCUT2D eigenvalue weighted by molar-refractivity contribution is 0.581. The maximum absolute atomic E-state index is 12.1. The zero-order valence-corrected chi connectivity index (χ0v) is 10.7. The number of rotatable bonds is 5. The Morgan fingerprint density at radius 2 is 2.11 bits per heavy atom. The summed E-state index contributed by atoms with van der Waals surface area (Å²) in [6.07, 6.45) is 3.22. The number of sulfonamides is 1. The van der Waals surface area contributed by atoms with Crippen LogP contribution in [0.15, 0.2) is 41.6 Å². The monoisotopic (exact) mass is 266 g/mol. The second-order valence-electron chi connectivity index (χ2n) is 3.68. The molecule has 0 aliphatic rings. The summed E-state index contributed by atoms with van der Waals surface area (Å²) in [5.41, 5.74) is 1.35. The molecule has 0 aliphatic carbocycles. The Morgan fingerprint density at radius 1 is 1.33 bits per heavy atom. The van der Waals surface area contributed by atoms with Crippen molar-refractivity contribution in [3.05, 3.63) is 42.2 Å². The molecule has 0 fully saturated rings. The van der Waals surface area contributed by atoms with Crippen LogP contribution in [0.25, 0.3) is 0 Å². The molecule has 0 saturated heterocycles. The third-order valence-corrected chi connectivity index (χ3v) is 3.93. The van der Waals surface area contributed by atoms with Crippen molar-refractivity contribution in [2.75, 3.05) is 12.4 Å².